The number of carbonyl (C=O) groups excluding carboxylic acids is 1. The summed E-state index contributed by atoms with van der Waals surface area (Å²) in [6, 6.07) is 20.7. The van der Waals surface area contributed by atoms with Gasteiger partial charge in [-0.05, 0) is 61.3 Å². The Morgan fingerprint density at radius 2 is 1.64 bits per heavy atom. The van der Waals surface area contributed by atoms with Gasteiger partial charge in [-0.1, -0.05) is 126 Å². The molecule has 0 spiro atoms. The molecule has 0 saturated heterocycles. The largest absolute Gasteiger partial charge is 0.352 e. The minimum atomic E-state index is 0.0381. The number of amidine groups is 1. The summed E-state index contributed by atoms with van der Waals surface area (Å²) in [5.74, 6) is 1.90. The number of carbonyl (C=O) groups is 1. The molecule has 0 fully saturated rings. The monoisotopic (exact) mass is 524 g/mol. The van der Waals surface area contributed by atoms with Crippen LogP contribution in [-0.2, 0) is 4.79 Å². The van der Waals surface area contributed by atoms with E-state index in [1.54, 1.807) is 6.92 Å². The maximum absolute atomic E-state index is 10.9. The van der Waals surface area contributed by atoms with Gasteiger partial charge in [0, 0.05) is 18.7 Å². The fraction of sp³-hybridized carbons (Fsp3) is 0.389. The van der Waals surface area contributed by atoms with Crippen molar-refractivity contribution < 1.29 is 4.79 Å². The number of benzene rings is 2. The van der Waals surface area contributed by atoms with Gasteiger partial charge in [0.15, 0.2) is 0 Å². The van der Waals surface area contributed by atoms with Crippen LogP contribution in [0.25, 0.3) is 0 Å². The third kappa shape index (κ3) is 9.66. The average molecular weight is 525 g/mol. The molecule has 3 nitrogen and oxygen atoms in total. The Balaban J connectivity index is 0.000000404. The van der Waals surface area contributed by atoms with Crippen LogP contribution < -0.4 is 0 Å². The second-order valence-corrected chi connectivity index (χ2v) is 10.4. The Hall–Kier alpha value is -3.46. The zero-order valence-electron chi connectivity index (χ0n) is 25.2. The number of aliphatic imine (C=N–C) groups is 1. The SMILES string of the molecule is C=C/C(CCC)=C(/CC)N=C(C)N(C)C(C1=CCC(C)C=C1)c1ccccc1.CC(=O)C(C)c1ccccc1. The molecule has 2 aromatic carbocycles. The molecule has 0 N–H and O–H groups in total. The molecule has 3 rings (SSSR count). The van der Waals surface area contributed by atoms with Crippen LogP contribution in [-0.4, -0.2) is 23.6 Å². The van der Waals surface area contributed by atoms with E-state index in [9.17, 15) is 4.79 Å². The second-order valence-electron chi connectivity index (χ2n) is 10.4. The smallest absolute Gasteiger partial charge is 0.136 e. The quantitative estimate of drug-likeness (QED) is 0.176. The van der Waals surface area contributed by atoms with E-state index in [1.807, 2.05) is 43.3 Å². The molecule has 0 amide bonds. The van der Waals surface area contributed by atoms with Crippen LogP contribution in [0.3, 0.4) is 0 Å². The van der Waals surface area contributed by atoms with Crippen molar-refractivity contribution in [2.24, 2.45) is 10.9 Å². The zero-order chi connectivity index (χ0) is 28.8. The molecule has 2 aromatic rings. The van der Waals surface area contributed by atoms with Crippen molar-refractivity contribution in [1.29, 1.82) is 0 Å². The highest BCUT2D eigenvalue weighted by Gasteiger charge is 2.23. The van der Waals surface area contributed by atoms with Crippen molar-refractivity contribution in [2.45, 2.75) is 79.2 Å². The first-order valence-corrected chi connectivity index (χ1v) is 14.3. The van der Waals surface area contributed by atoms with Crippen LogP contribution in [0, 0.1) is 5.92 Å². The third-order valence-electron chi connectivity index (χ3n) is 7.35. The molecular formula is C36H48N2O. The van der Waals surface area contributed by atoms with E-state index < -0.39 is 0 Å². The lowest BCUT2D eigenvalue weighted by molar-refractivity contribution is -0.118. The van der Waals surface area contributed by atoms with Crippen LogP contribution in [0.2, 0.25) is 0 Å². The van der Waals surface area contributed by atoms with Crippen molar-refractivity contribution in [1.82, 2.24) is 4.90 Å². The summed E-state index contributed by atoms with van der Waals surface area (Å²) in [6.07, 6.45) is 13.1. The van der Waals surface area contributed by atoms with Crippen LogP contribution in [0.5, 0.6) is 0 Å². The zero-order valence-corrected chi connectivity index (χ0v) is 25.2. The summed E-state index contributed by atoms with van der Waals surface area (Å²) in [7, 11) is 2.16. The maximum atomic E-state index is 10.9. The summed E-state index contributed by atoms with van der Waals surface area (Å²) < 4.78 is 0. The molecule has 3 atom stereocenters. The lowest BCUT2D eigenvalue weighted by Gasteiger charge is -2.33. The van der Waals surface area contributed by atoms with Crippen molar-refractivity contribution in [3.63, 3.8) is 0 Å². The van der Waals surface area contributed by atoms with Gasteiger partial charge in [0.05, 0.1) is 6.04 Å². The predicted molar refractivity (Wildman–Crippen MR) is 169 cm³/mol. The molecule has 0 bridgehead atoms. The second kappa shape index (κ2) is 16.5. The molecule has 0 radical (unpaired) electrons. The van der Waals surface area contributed by atoms with Gasteiger partial charge in [-0.2, -0.15) is 0 Å². The number of allylic oxidation sites excluding steroid dienone is 5. The first kappa shape index (κ1) is 31.8. The third-order valence-corrected chi connectivity index (χ3v) is 7.35. The molecular weight excluding hydrogens is 476 g/mol. The summed E-state index contributed by atoms with van der Waals surface area (Å²) >= 11 is 0. The van der Waals surface area contributed by atoms with E-state index in [2.05, 4.69) is 94.8 Å². The Bertz CT molecular complexity index is 1170. The molecule has 1 aliphatic rings. The Morgan fingerprint density at radius 1 is 1.05 bits per heavy atom. The molecule has 3 heteroatoms. The molecule has 3 unspecified atom stereocenters. The topological polar surface area (TPSA) is 32.7 Å². The lowest BCUT2D eigenvalue weighted by Crippen LogP contribution is -2.31. The number of nitrogens with zero attached hydrogens (tertiary/aromatic N) is 2. The van der Waals surface area contributed by atoms with Gasteiger partial charge < -0.3 is 4.90 Å². The molecule has 208 valence electrons. The summed E-state index contributed by atoms with van der Waals surface area (Å²) in [5.41, 5.74) is 6.15. The molecule has 0 aliphatic heterocycles. The minimum Gasteiger partial charge on any atom is -0.352 e. The summed E-state index contributed by atoms with van der Waals surface area (Å²) in [6.45, 7) is 16.3. The Morgan fingerprint density at radius 3 is 2.10 bits per heavy atom. The van der Waals surface area contributed by atoms with Crippen molar-refractivity contribution >= 4 is 11.6 Å². The number of hydrogen-bond donors (Lipinski definition) is 0. The van der Waals surface area contributed by atoms with Gasteiger partial charge in [-0.3, -0.25) is 4.79 Å². The van der Waals surface area contributed by atoms with Gasteiger partial charge >= 0.3 is 0 Å². The number of Topliss-reactive ketones (excluding diaryl/α,β-unsaturated/α-hetero) is 1. The van der Waals surface area contributed by atoms with E-state index in [4.69, 9.17) is 4.99 Å². The van der Waals surface area contributed by atoms with Crippen molar-refractivity contribution in [2.75, 3.05) is 7.05 Å². The van der Waals surface area contributed by atoms with Crippen molar-refractivity contribution in [3.8, 4) is 0 Å². The fourth-order valence-corrected chi connectivity index (χ4v) is 4.67. The van der Waals surface area contributed by atoms with Gasteiger partial charge in [0.2, 0.25) is 0 Å². The van der Waals surface area contributed by atoms with Crippen molar-refractivity contribution in [3.05, 3.63) is 120 Å². The van der Waals surface area contributed by atoms with Gasteiger partial charge in [0.25, 0.3) is 0 Å². The standard InChI is InChI=1S/C26H36N2.C10H12O/c1-7-13-22(8-2)25(9-3)27-21(5)28(6)26(23-14-11-10-12-15-23)24-18-16-20(4)17-19-24;1-8(9(2)11)10-6-4-3-5-7-10/h8,10-12,14-16,18-20,26H,2,7,9,13,17H2,1,3-6H3;3-8H,1-2H3/b25-22+,27-21?;. The predicted octanol–water partition coefficient (Wildman–Crippen LogP) is 9.63. The minimum absolute atomic E-state index is 0.0381. The molecule has 1 aliphatic carbocycles. The van der Waals surface area contributed by atoms with E-state index in [0.717, 1.165) is 42.8 Å². The first-order chi connectivity index (χ1) is 18.7. The normalized spacial score (nSPS) is 17.2. The highest BCUT2D eigenvalue weighted by Crippen LogP contribution is 2.32. The first-order valence-electron chi connectivity index (χ1n) is 14.3. The Kier molecular flexibility index (Phi) is 13.4. The van der Waals surface area contributed by atoms with Gasteiger partial charge in [-0.25, -0.2) is 4.99 Å². The van der Waals surface area contributed by atoms with E-state index in [1.165, 1.54) is 16.7 Å². The van der Waals surface area contributed by atoms with E-state index >= 15 is 0 Å². The van der Waals surface area contributed by atoms with E-state index in [-0.39, 0.29) is 17.7 Å². The highest BCUT2D eigenvalue weighted by molar-refractivity contribution is 5.83. The molecule has 0 heterocycles. The number of hydrogen-bond acceptors (Lipinski definition) is 2. The number of ketones is 1. The average Bonchev–Trinajstić information content (AvgIpc) is 2.96. The van der Waals surface area contributed by atoms with Gasteiger partial charge in [-0.15, -0.1) is 0 Å². The van der Waals surface area contributed by atoms with Crippen LogP contribution >= 0.6 is 0 Å². The Labute approximate surface area is 237 Å². The lowest BCUT2D eigenvalue weighted by atomic mass is 9.90. The fourth-order valence-electron chi connectivity index (χ4n) is 4.67. The summed E-state index contributed by atoms with van der Waals surface area (Å²) in [5, 5.41) is 0. The van der Waals surface area contributed by atoms with Crippen LogP contribution in [0.1, 0.15) is 90.3 Å². The van der Waals surface area contributed by atoms with Crippen LogP contribution in [0.15, 0.2) is 113 Å². The molecule has 39 heavy (non-hydrogen) atoms. The summed E-state index contributed by atoms with van der Waals surface area (Å²) in [4.78, 5) is 18.3. The number of likely N-dealkylation sites (N-methyl/N-ethyl adjacent to an activating group) is 1. The highest BCUT2D eigenvalue weighted by atomic mass is 16.1. The number of rotatable bonds is 10. The maximum Gasteiger partial charge on any atom is 0.136 e. The van der Waals surface area contributed by atoms with Gasteiger partial charge in [0.1, 0.15) is 11.6 Å². The molecule has 0 aromatic heterocycles. The molecule has 0 saturated carbocycles. The van der Waals surface area contributed by atoms with Crippen LogP contribution in [0.4, 0.5) is 0 Å². The van der Waals surface area contributed by atoms with E-state index in [0.29, 0.717) is 5.92 Å².